The van der Waals surface area contributed by atoms with Gasteiger partial charge in [0.25, 0.3) is 0 Å². The van der Waals surface area contributed by atoms with Gasteiger partial charge in [0.1, 0.15) is 12.4 Å². The fraction of sp³-hybridized carbons (Fsp3) is 0.267. The Morgan fingerprint density at radius 1 is 1.16 bits per heavy atom. The van der Waals surface area contributed by atoms with Crippen LogP contribution in [0.1, 0.15) is 28.4 Å². The highest BCUT2D eigenvalue weighted by Crippen LogP contribution is 2.30. The molecular weight excluding hydrogens is 308 g/mol. The second-order valence-electron chi connectivity index (χ2n) is 4.40. The quantitative estimate of drug-likeness (QED) is 0.657. The van der Waals surface area contributed by atoms with Gasteiger partial charge in [-0.1, -0.05) is 52.3 Å². The summed E-state index contributed by atoms with van der Waals surface area (Å²) in [5.74, 6) is 0. The van der Waals surface area contributed by atoms with E-state index < -0.39 is 12.2 Å². The molecule has 2 rings (SSSR count). The Labute approximate surface area is 120 Å². The lowest BCUT2D eigenvalue weighted by atomic mass is 9.92. The van der Waals surface area contributed by atoms with Crippen molar-refractivity contribution in [3.8, 4) is 0 Å². The van der Waals surface area contributed by atoms with E-state index in [0.717, 1.165) is 10.8 Å². The molecule has 0 aliphatic carbocycles. The number of rotatable bonds is 5. The van der Waals surface area contributed by atoms with E-state index in [-0.39, 0.29) is 0 Å². The largest absolute Gasteiger partial charge is 0.390 e. The number of aldehydes is 1. The van der Waals surface area contributed by atoms with Crippen LogP contribution in [-0.4, -0.2) is 27.9 Å². The Hall–Kier alpha value is -1.23. The fourth-order valence-corrected chi connectivity index (χ4v) is 2.68. The molecule has 2 N–H and O–H groups in total. The van der Waals surface area contributed by atoms with Gasteiger partial charge in [0.2, 0.25) is 0 Å². The minimum absolute atomic E-state index is 0.417. The summed E-state index contributed by atoms with van der Waals surface area (Å²) in [5, 5.41) is 22.6. The van der Waals surface area contributed by atoms with Crippen molar-refractivity contribution >= 4 is 33.0 Å². The average molecular weight is 323 g/mol. The number of aliphatic hydroxyl groups is 2. The highest BCUT2D eigenvalue weighted by atomic mass is 79.9. The van der Waals surface area contributed by atoms with Crippen molar-refractivity contribution in [1.82, 2.24) is 0 Å². The zero-order chi connectivity index (χ0) is 13.8. The number of aliphatic hydroxyl groups excluding tert-OH is 2. The predicted octanol–water partition coefficient (Wildman–Crippen LogP) is 2.83. The summed E-state index contributed by atoms with van der Waals surface area (Å²) in [6, 6.07) is 11.0. The van der Waals surface area contributed by atoms with E-state index in [1.165, 1.54) is 0 Å². The number of carbonyl (C=O) groups excluding carboxylic acids is 1. The topological polar surface area (TPSA) is 57.5 Å². The Kier molecular flexibility index (Phi) is 4.69. The van der Waals surface area contributed by atoms with Crippen LogP contribution in [0.3, 0.4) is 0 Å². The Morgan fingerprint density at radius 3 is 2.58 bits per heavy atom. The summed E-state index contributed by atoms with van der Waals surface area (Å²) in [6.45, 7) is 0. The number of benzene rings is 2. The van der Waals surface area contributed by atoms with E-state index in [1.807, 2.05) is 30.3 Å². The number of halogens is 1. The Balaban J connectivity index is 2.58. The van der Waals surface area contributed by atoms with Gasteiger partial charge in [-0.3, -0.25) is 4.79 Å². The molecule has 2 unspecified atom stereocenters. The van der Waals surface area contributed by atoms with E-state index in [1.54, 1.807) is 6.07 Å². The minimum Gasteiger partial charge on any atom is -0.390 e. The maximum Gasteiger partial charge on any atom is 0.150 e. The lowest BCUT2D eigenvalue weighted by Gasteiger charge is -2.20. The summed E-state index contributed by atoms with van der Waals surface area (Å²) < 4.78 is 0. The van der Waals surface area contributed by atoms with Crippen LogP contribution in [0.15, 0.2) is 36.4 Å². The van der Waals surface area contributed by atoms with Crippen LogP contribution in [0, 0.1) is 0 Å². The van der Waals surface area contributed by atoms with Gasteiger partial charge in [0, 0.05) is 16.5 Å². The van der Waals surface area contributed by atoms with E-state index in [4.69, 9.17) is 0 Å². The van der Waals surface area contributed by atoms with Crippen LogP contribution in [0.2, 0.25) is 0 Å². The summed E-state index contributed by atoms with van der Waals surface area (Å²) in [6.07, 6.45) is -0.832. The molecule has 0 spiro atoms. The molecule has 0 heterocycles. The first-order valence-corrected chi connectivity index (χ1v) is 7.20. The zero-order valence-electron chi connectivity index (χ0n) is 10.3. The van der Waals surface area contributed by atoms with Crippen molar-refractivity contribution < 1.29 is 15.0 Å². The molecule has 0 bridgehead atoms. The molecule has 0 saturated heterocycles. The summed E-state index contributed by atoms with van der Waals surface area (Å²) in [5.41, 5.74) is 0.918. The predicted molar refractivity (Wildman–Crippen MR) is 78.7 cm³/mol. The lowest BCUT2D eigenvalue weighted by molar-refractivity contribution is 0.0179. The van der Waals surface area contributed by atoms with E-state index in [2.05, 4.69) is 15.9 Å². The van der Waals surface area contributed by atoms with Crippen molar-refractivity contribution in [2.75, 3.05) is 5.33 Å². The normalized spacial score (nSPS) is 14.3. The maximum absolute atomic E-state index is 11.2. The summed E-state index contributed by atoms with van der Waals surface area (Å²) in [4.78, 5) is 11.2. The molecule has 0 fully saturated rings. The van der Waals surface area contributed by atoms with Gasteiger partial charge in [-0.05, 0) is 17.2 Å². The van der Waals surface area contributed by atoms with Gasteiger partial charge in [0.15, 0.2) is 0 Å². The molecule has 2 atom stereocenters. The second-order valence-corrected chi connectivity index (χ2v) is 5.19. The highest BCUT2D eigenvalue weighted by molar-refractivity contribution is 9.09. The second kappa shape index (κ2) is 6.28. The molecule has 0 aromatic heterocycles. The molecular formula is C15H15BrO3. The van der Waals surface area contributed by atoms with Crippen LogP contribution in [-0.2, 0) is 0 Å². The lowest BCUT2D eigenvalue weighted by Crippen LogP contribution is -2.20. The van der Waals surface area contributed by atoms with Gasteiger partial charge in [-0.2, -0.15) is 0 Å². The molecule has 0 amide bonds. The van der Waals surface area contributed by atoms with Gasteiger partial charge >= 0.3 is 0 Å². The monoisotopic (exact) mass is 322 g/mol. The van der Waals surface area contributed by atoms with Gasteiger partial charge < -0.3 is 10.2 Å². The van der Waals surface area contributed by atoms with E-state index in [0.29, 0.717) is 29.2 Å². The van der Waals surface area contributed by atoms with Gasteiger partial charge in [-0.25, -0.2) is 0 Å². The minimum atomic E-state index is -1.07. The first-order valence-electron chi connectivity index (χ1n) is 6.08. The summed E-state index contributed by atoms with van der Waals surface area (Å²) >= 11 is 3.24. The van der Waals surface area contributed by atoms with E-state index in [9.17, 15) is 15.0 Å². The number of fused-ring (bicyclic) bond motifs is 1. The van der Waals surface area contributed by atoms with Gasteiger partial charge in [0.05, 0.1) is 6.10 Å². The molecule has 3 nitrogen and oxygen atoms in total. The molecule has 100 valence electrons. The Morgan fingerprint density at radius 2 is 1.89 bits per heavy atom. The SMILES string of the molecule is O=Cc1ccc2ccccc2c1C(O)C(O)CCBr. The molecule has 0 aliphatic rings. The van der Waals surface area contributed by atoms with E-state index >= 15 is 0 Å². The third-order valence-electron chi connectivity index (χ3n) is 3.20. The van der Waals surface area contributed by atoms with Crippen molar-refractivity contribution in [1.29, 1.82) is 0 Å². The molecule has 0 radical (unpaired) electrons. The third-order valence-corrected chi connectivity index (χ3v) is 3.65. The van der Waals surface area contributed by atoms with Crippen LogP contribution in [0.4, 0.5) is 0 Å². The van der Waals surface area contributed by atoms with Crippen LogP contribution in [0.5, 0.6) is 0 Å². The smallest absolute Gasteiger partial charge is 0.150 e. The van der Waals surface area contributed by atoms with Crippen LogP contribution >= 0.6 is 15.9 Å². The summed E-state index contributed by atoms with van der Waals surface area (Å²) in [7, 11) is 0. The van der Waals surface area contributed by atoms with Gasteiger partial charge in [-0.15, -0.1) is 0 Å². The molecule has 0 saturated carbocycles. The van der Waals surface area contributed by atoms with Crippen molar-refractivity contribution in [3.05, 3.63) is 47.5 Å². The fourth-order valence-electron chi connectivity index (χ4n) is 2.21. The third kappa shape index (κ3) is 2.86. The molecule has 4 heteroatoms. The van der Waals surface area contributed by atoms with Crippen molar-refractivity contribution in [3.63, 3.8) is 0 Å². The van der Waals surface area contributed by atoms with Crippen molar-refractivity contribution in [2.24, 2.45) is 0 Å². The average Bonchev–Trinajstić information content (AvgIpc) is 2.45. The number of alkyl halides is 1. The number of carbonyl (C=O) groups is 1. The molecule has 19 heavy (non-hydrogen) atoms. The molecule has 2 aromatic rings. The first-order chi connectivity index (χ1) is 9.19. The highest BCUT2D eigenvalue weighted by Gasteiger charge is 2.22. The number of hydrogen-bond acceptors (Lipinski definition) is 3. The van der Waals surface area contributed by atoms with Crippen LogP contribution < -0.4 is 0 Å². The first kappa shape index (κ1) is 14.2. The van der Waals surface area contributed by atoms with Crippen molar-refractivity contribution in [2.45, 2.75) is 18.6 Å². The van der Waals surface area contributed by atoms with Crippen LogP contribution in [0.25, 0.3) is 10.8 Å². The molecule has 2 aromatic carbocycles. The Bertz CT molecular complexity index is 583. The molecule has 0 aliphatic heterocycles. The standard InChI is InChI=1S/C15H15BrO3/c16-8-7-13(18)15(19)14-11(9-17)6-5-10-3-1-2-4-12(10)14/h1-6,9,13,15,18-19H,7-8H2. The number of hydrogen-bond donors (Lipinski definition) is 2. The maximum atomic E-state index is 11.2. The zero-order valence-corrected chi connectivity index (χ0v) is 11.9.